The Morgan fingerprint density at radius 3 is 1.85 bits per heavy atom. The predicted molar refractivity (Wildman–Crippen MR) is 117 cm³/mol. The Hall–Kier alpha value is -2.51. The zero-order chi connectivity index (χ0) is 17.9. The van der Waals surface area contributed by atoms with E-state index in [1.807, 2.05) is 11.3 Å². The second-order valence-electron chi connectivity index (χ2n) is 8.08. The first kappa shape index (κ1) is 15.7. The molecule has 0 bridgehead atoms. The molecule has 26 heavy (non-hydrogen) atoms. The molecule has 5 rings (SSSR count). The van der Waals surface area contributed by atoms with Gasteiger partial charge in [0, 0.05) is 22.2 Å². The molecule has 0 aliphatic heterocycles. The fourth-order valence-electron chi connectivity index (χ4n) is 3.88. The highest BCUT2D eigenvalue weighted by atomic mass is 32.1. The molecule has 0 spiro atoms. The summed E-state index contributed by atoms with van der Waals surface area (Å²) in [4.78, 5) is 0. The lowest BCUT2D eigenvalue weighted by atomic mass is 9.86. The molecule has 0 radical (unpaired) electrons. The molecule has 0 aliphatic rings. The fraction of sp³-hybridized carbons (Fsp3) is 0.160. The largest absolute Gasteiger partial charge is 0.247 e. The molecule has 0 unspecified atom stereocenters. The maximum Gasteiger partial charge on any atom is 0.247 e. The van der Waals surface area contributed by atoms with E-state index < -0.39 is 0 Å². The van der Waals surface area contributed by atoms with Crippen LogP contribution >= 0.6 is 11.3 Å². The third kappa shape index (κ3) is 2.31. The van der Waals surface area contributed by atoms with Gasteiger partial charge in [0.1, 0.15) is 0 Å². The summed E-state index contributed by atoms with van der Waals surface area (Å²) in [6.07, 6.45) is 0. The Labute approximate surface area is 157 Å². The van der Waals surface area contributed by atoms with E-state index in [-0.39, 0.29) is 5.41 Å². The van der Waals surface area contributed by atoms with Gasteiger partial charge in [0.2, 0.25) is 20.7 Å². The molecule has 0 fully saturated rings. The van der Waals surface area contributed by atoms with Crippen LogP contribution in [0.1, 0.15) is 26.3 Å². The molecule has 1 aromatic heterocycles. The van der Waals surface area contributed by atoms with Gasteiger partial charge >= 0.3 is 0 Å². The van der Waals surface area contributed by atoms with E-state index in [1.165, 1.54) is 47.3 Å². The van der Waals surface area contributed by atoms with Crippen molar-refractivity contribution in [3.63, 3.8) is 0 Å². The van der Waals surface area contributed by atoms with Crippen molar-refractivity contribution < 1.29 is 0 Å². The van der Waals surface area contributed by atoms with Gasteiger partial charge in [-0.3, -0.25) is 0 Å². The van der Waals surface area contributed by atoms with Crippen molar-refractivity contribution in [1.82, 2.24) is 0 Å². The van der Waals surface area contributed by atoms with E-state index in [0.717, 1.165) is 0 Å². The lowest BCUT2D eigenvalue weighted by Gasteiger charge is -2.18. The van der Waals surface area contributed by atoms with Gasteiger partial charge in [0.15, 0.2) is 0 Å². The zero-order valence-corrected chi connectivity index (χ0v) is 16.2. The summed E-state index contributed by atoms with van der Waals surface area (Å²) in [5.74, 6) is 0. The maximum absolute atomic E-state index is 2.39. The highest BCUT2D eigenvalue weighted by molar-refractivity contribution is 7.25. The number of benzene rings is 4. The second-order valence-corrected chi connectivity index (χ2v) is 9.14. The van der Waals surface area contributed by atoms with Gasteiger partial charge in [-0.15, -0.1) is 0 Å². The standard InChI is InChI=1S/C25H21S/c1-25(2,3)17-12-13-23-16(14-17)15-22-20-10-5-4-8-18(20)19-9-6-7-11-21(19)24(22)26-23/h4-15H,1-3H3/q+1. The quantitative estimate of drug-likeness (QED) is 0.150. The van der Waals surface area contributed by atoms with Crippen LogP contribution in [0.3, 0.4) is 0 Å². The first-order valence-electron chi connectivity index (χ1n) is 9.13. The molecule has 0 amide bonds. The van der Waals surface area contributed by atoms with Gasteiger partial charge in [0.05, 0.1) is 0 Å². The first-order chi connectivity index (χ1) is 12.5. The third-order valence-electron chi connectivity index (χ3n) is 5.31. The first-order valence-corrected chi connectivity index (χ1v) is 9.94. The second kappa shape index (κ2) is 5.49. The van der Waals surface area contributed by atoms with E-state index in [9.17, 15) is 0 Å². The number of hydrogen-bond donors (Lipinski definition) is 0. The summed E-state index contributed by atoms with van der Waals surface area (Å²) < 4.78 is 2.74. The molecule has 0 atom stereocenters. The fourth-order valence-corrected chi connectivity index (χ4v) is 5.03. The van der Waals surface area contributed by atoms with Crippen LogP contribution in [0.15, 0.2) is 72.8 Å². The summed E-state index contributed by atoms with van der Waals surface area (Å²) in [5, 5.41) is 8.10. The zero-order valence-electron chi connectivity index (χ0n) is 15.3. The average molecular weight is 354 g/mol. The number of hydrogen-bond acceptors (Lipinski definition) is 0. The molecule has 1 heterocycles. The molecular formula is C25H21S+. The number of fused-ring (bicyclic) bond motifs is 7. The van der Waals surface area contributed by atoms with Gasteiger partial charge < -0.3 is 0 Å². The summed E-state index contributed by atoms with van der Waals surface area (Å²) >= 11 is 1.91. The van der Waals surface area contributed by atoms with E-state index in [1.54, 1.807) is 0 Å². The van der Waals surface area contributed by atoms with Crippen molar-refractivity contribution in [2.45, 2.75) is 26.2 Å². The third-order valence-corrected chi connectivity index (χ3v) is 6.55. The maximum atomic E-state index is 2.39. The van der Waals surface area contributed by atoms with Gasteiger partial charge in [-0.05, 0) is 45.3 Å². The molecule has 1 heteroatoms. The van der Waals surface area contributed by atoms with Crippen molar-refractivity contribution in [2.75, 3.05) is 0 Å². The van der Waals surface area contributed by atoms with E-state index in [4.69, 9.17) is 0 Å². The Morgan fingerprint density at radius 1 is 0.615 bits per heavy atom. The van der Waals surface area contributed by atoms with Crippen LogP contribution in [0, 0.1) is 0 Å². The minimum atomic E-state index is 0.166. The van der Waals surface area contributed by atoms with E-state index in [2.05, 4.69) is 93.6 Å². The smallest absolute Gasteiger partial charge is 0.0616 e. The van der Waals surface area contributed by atoms with Gasteiger partial charge in [-0.2, -0.15) is 0 Å². The predicted octanol–water partition coefficient (Wildman–Crippen LogP) is 7.94. The van der Waals surface area contributed by atoms with Crippen molar-refractivity contribution in [3.8, 4) is 0 Å². The Bertz CT molecular complexity index is 1310. The van der Waals surface area contributed by atoms with Crippen LogP contribution in [0.2, 0.25) is 0 Å². The molecule has 0 saturated heterocycles. The molecule has 126 valence electrons. The molecule has 0 saturated carbocycles. The van der Waals surface area contributed by atoms with E-state index in [0.29, 0.717) is 0 Å². The summed E-state index contributed by atoms with van der Waals surface area (Å²) in [5.41, 5.74) is 1.56. The lowest BCUT2D eigenvalue weighted by Crippen LogP contribution is -2.10. The van der Waals surface area contributed by atoms with Crippen molar-refractivity contribution in [2.24, 2.45) is 0 Å². The van der Waals surface area contributed by atoms with Crippen LogP contribution in [0.4, 0.5) is 0 Å². The minimum Gasteiger partial charge on any atom is -0.0616 e. The Balaban J connectivity index is 2.00. The van der Waals surface area contributed by atoms with Crippen molar-refractivity contribution in [3.05, 3.63) is 78.4 Å². The van der Waals surface area contributed by atoms with Crippen LogP contribution in [-0.4, -0.2) is 0 Å². The van der Waals surface area contributed by atoms with Crippen molar-refractivity contribution in [1.29, 1.82) is 0 Å². The minimum absolute atomic E-state index is 0.166. The van der Waals surface area contributed by atoms with Gasteiger partial charge in [-0.1, -0.05) is 69.3 Å². The molecule has 0 aliphatic carbocycles. The number of rotatable bonds is 0. The van der Waals surface area contributed by atoms with Crippen LogP contribution < -0.4 is 0 Å². The lowest BCUT2D eigenvalue weighted by molar-refractivity contribution is 0.591. The highest BCUT2D eigenvalue weighted by Crippen LogP contribution is 2.40. The van der Waals surface area contributed by atoms with Crippen LogP contribution in [-0.2, 0) is 5.41 Å². The Kier molecular flexibility index (Phi) is 3.32. The molecular weight excluding hydrogens is 332 g/mol. The normalized spacial score (nSPS) is 12.4. The van der Waals surface area contributed by atoms with E-state index >= 15 is 0 Å². The molecule has 0 N–H and O–H groups in total. The van der Waals surface area contributed by atoms with Crippen molar-refractivity contribution >= 4 is 53.1 Å². The summed E-state index contributed by atoms with van der Waals surface area (Å²) in [6, 6.07) is 26.9. The average Bonchev–Trinajstić information content (AvgIpc) is 2.66. The Morgan fingerprint density at radius 2 is 1.19 bits per heavy atom. The summed E-state index contributed by atoms with van der Waals surface area (Å²) in [7, 11) is 0. The van der Waals surface area contributed by atoms with Crippen LogP contribution in [0.5, 0.6) is 0 Å². The van der Waals surface area contributed by atoms with Crippen LogP contribution in [0.25, 0.3) is 41.7 Å². The monoisotopic (exact) mass is 353 g/mol. The van der Waals surface area contributed by atoms with Gasteiger partial charge in [0.25, 0.3) is 0 Å². The molecule has 5 aromatic rings. The highest BCUT2D eigenvalue weighted by Gasteiger charge is 2.20. The molecule has 4 aromatic carbocycles. The topological polar surface area (TPSA) is 0 Å². The summed E-state index contributed by atoms with van der Waals surface area (Å²) in [6.45, 7) is 6.84. The SMILES string of the molecule is CC(C)(C)c1ccc2[s+]c3c4ccccc4c4ccccc4c3cc2c1. The van der Waals surface area contributed by atoms with Gasteiger partial charge in [-0.25, -0.2) is 0 Å². The molecule has 0 nitrogen and oxygen atoms in total.